The van der Waals surface area contributed by atoms with Gasteiger partial charge < -0.3 is 20.0 Å². The molecular weight excluding hydrogens is 320 g/mol. The fourth-order valence-electron chi connectivity index (χ4n) is 2.07. The van der Waals surface area contributed by atoms with Crippen LogP contribution in [0.1, 0.15) is 5.76 Å². The minimum absolute atomic E-state index is 0.119. The van der Waals surface area contributed by atoms with E-state index < -0.39 is 17.5 Å². The Morgan fingerprint density at radius 1 is 1.17 bits per heavy atom. The first-order chi connectivity index (χ1) is 11.4. The summed E-state index contributed by atoms with van der Waals surface area (Å²) in [5.41, 5.74) is 0.119. The highest BCUT2D eigenvalue weighted by molar-refractivity contribution is 5.94. The summed E-state index contributed by atoms with van der Waals surface area (Å²) in [6.45, 7) is 0.451. The van der Waals surface area contributed by atoms with E-state index in [2.05, 4.69) is 10.6 Å². The first-order valence-corrected chi connectivity index (χ1v) is 7.29. The van der Waals surface area contributed by atoms with E-state index in [1.807, 2.05) is 13.1 Å². The van der Waals surface area contributed by atoms with Gasteiger partial charge in [0.2, 0.25) is 5.91 Å². The third-order valence-electron chi connectivity index (χ3n) is 3.17. The van der Waals surface area contributed by atoms with E-state index in [9.17, 15) is 18.4 Å². The SMILES string of the molecule is C[NH+](CC(=O)NCC(=O)Nc1ccc(F)c(F)c1)Cc1ccco1. The second-order valence-electron chi connectivity index (χ2n) is 5.34. The molecule has 0 radical (unpaired) electrons. The molecule has 6 nitrogen and oxygen atoms in total. The summed E-state index contributed by atoms with van der Waals surface area (Å²) in [5.74, 6) is -2.13. The van der Waals surface area contributed by atoms with E-state index in [1.54, 1.807) is 12.3 Å². The molecule has 1 heterocycles. The number of furan rings is 1. The van der Waals surface area contributed by atoms with Crippen molar-refractivity contribution in [3.63, 3.8) is 0 Å². The summed E-state index contributed by atoms with van der Waals surface area (Å²) in [5, 5.41) is 4.84. The van der Waals surface area contributed by atoms with Crippen LogP contribution in [0.15, 0.2) is 41.0 Å². The van der Waals surface area contributed by atoms with Crippen molar-refractivity contribution < 1.29 is 27.7 Å². The molecule has 2 rings (SSSR count). The highest BCUT2D eigenvalue weighted by Gasteiger charge is 2.13. The average Bonchev–Trinajstić information content (AvgIpc) is 3.01. The number of anilines is 1. The average molecular weight is 338 g/mol. The highest BCUT2D eigenvalue weighted by Crippen LogP contribution is 2.12. The van der Waals surface area contributed by atoms with E-state index >= 15 is 0 Å². The Hall–Kier alpha value is -2.74. The van der Waals surface area contributed by atoms with Gasteiger partial charge in [-0.25, -0.2) is 8.78 Å². The van der Waals surface area contributed by atoms with Crippen molar-refractivity contribution in [2.75, 3.05) is 25.5 Å². The zero-order valence-corrected chi connectivity index (χ0v) is 13.1. The van der Waals surface area contributed by atoms with Gasteiger partial charge in [0.25, 0.3) is 5.91 Å². The number of hydrogen-bond acceptors (Lipinski definition) is 3. The first kappa shape index (κ1) is 17.6. The lowest BCUT2D eigenvalue weighted by Crippen LogP contribution is -3.08. The van der Waals surface area contributed by atoms with Gasteiger partial charge in [-0.05, 0) is 24.3 Å². The molecule has 0 fully saturated rings. The van der Waals surface area contributed by atoms with Crippen LogP contribution in [0.5, 0.6) is 0 Å². The predicted molar refractivity (Wildman–Crippen MR) is 82.2 cm³/mol. The van der Waals surface area contributed by atoms with E-state index in [0.717, 1.165) is 22.8 Å². The highest BCUT2D eigenvalue weighted by atomic mass is 19.2. The fourth-order valence-corrected chi connectivity index (χ4v) is 2.07. The van der Waals surface area contributed by atoms with Crippen molar-refractivity contribution in [1.82, 2.24) is 5.32 Å². The van der Waals surface area contributed by atoms with Crippen molar-refractivity contribution >= 4 is 17.5 Å². The van der Waals surface area contributed by atoms with Crippen LogP contribution in [0.3, 0.4) is 0 Å². The number of amides is 2. The zero-order chi connectivity index (χ0) is 17.5. The maximum atomic E-state index is 13.0. The Balaban J connectivity index is 1.72. The summed E-state index contributed by atoms with van der Waals surface area (Å²) >= 11 is 0. The Kier molecular flexibility index (Phi) is 6.02. The molecule has 0 aliphatic heterocycles. The van der Waals surface area contributed by atoms with Crippen LogP contribution >= 0.6 is 0 Å². The summed E-state index contributed by atoms with van der Waals surface area (Å²) in [6, 6.07) is 6.61. The monoisotopic (exact) mass is 338 g/mol. The molecule has 0 bridgehead atoms. The van der Waals surface area contributed by atoms with Crippen LogP contribution in [-0.4, -0.2) is 32.0 Å². The number of carbonyl (C=O) groups excluding carboxylic acids is 2. The quantitative estimate of drug-likeness (QED) is 0.681. The van der Waals surface area contributed by atoms with E-state index in [4.69, 9.17) is 4.42 Å². The molecule has 8 heteroatoms. The van der Waals surface area contributed by atoms with E-state index in [1.165, 1.54) is 6.07 Å². The number of halogens is 2. The summed E-state index contributed by atoms with van der Waals surface area (Å²) in [7, 11) is 1.82. The van der Waals surface area contributed by atoms with Crippen molar-refractivity contribution in [2.45, 2.75) is 6.54 Å². The van der Waals surface area contributed by atoms with Gasteiger partial charge in [0.05, 0.1) is 19.9 Å². The van der Waals surface area contributed by atoms with Gasteiger partial charge in [-0.15, -0.1) is 0 Å². The Morgan fingerprint density at radius 2 is 1.96 bits per heavy atom. The number of hydrogen-bond donors (Lipinski definition) is 3. The minimum atomic E-state index is -1.06. The van der Waals surface area contributed by atoms with Crippen molar-refractivity contribution in [3.8, 4) is 0 Å². The van der Waals surface area contributed by atoms with Gasteiger partial charge in [0.15, 0.2) is 23.9 Å². The topological polar surface area (TPSA) is 75.8 Å². The number of rotatable bonds is 7. The van der Waals surface area contributed by atoms with Gasteiger partial charge >= 0.3 is 0 Å². The standard InChI is InChI=1S/C16H17F2N3O3/c1-21(9-12-3-2-6-24-12)10-16(23)19-8-15(22)20-11-4-5-13(17)14(18)7-11/h2-7H,8-10H2,1H3,(H,19,23)(H,20,22)/p+1. The minimum Gasteiger partial charge on any atom is -0.463 e. The van der Waals surface area contributed by atoms with Crippen LogP contribution in [0.2, 0.25) is 0 Å². The van der Waals surface area contributed by atoms with Crippen molar-refractivity contribution in [3.05, 3.63) is 54.0 Å². The van der Waals surface area contributed by atoms with Crippen molar-refractivity contribution in [2.24, 2.45) is 0 Å². The van der Waals surface area contributed by atoms with Crippen molar-refractivity contribution in [1.29, 1.82) is 0 Å². The molecule has 0 aliphatic carbocycles. The number of nitrogens with one attached hydrogen (secondary N) is 3. The second kappa shape index (κ2) is 8.21. The second-order valence-corrected chi connectivity index (χ2v) is 5.34. The molecule has 2 aromatic rings. The van der Waals surface area contributed by atoms with Gasteiger partial charge in [-0.2, -0.15) is 0 Å². The molecule has 24 heavy (non-hydrogen) atoms. The van der Waals surface area contributed by atoms with Gasteiger partial charge in [0, 0.05) is 11.8 Å². The molecule has 3 N–H and O–H groups in total. The molecule has 1 aromatic heterocycles. The first-order valence-electron chi connectivity index (χ1n) is 7.29. The summed E-state index contributed by atoms with van der Waals surface area (Å²) in [6.07, 6.45) is 1.56. The predicted octanol–water partition coefficient (Wildman–Crippen LogP) is 0.327. The van der Waals surface area contributed by atoms with Crippen LogP contribution in [0, 0.1) is 11.6 Å². The Labute approximate surface area is 137 Å². The number of likely N-dealkylation sites (N-methyl/N-ethyl adjacent to an activating group) is 1. The molecule has 1 unspecified atom stereocenters. The summed E-state index contributed by atoms with van der Waals surface area (Å²) in [4.78, 5) is 24.4. The lowest BCUT2D eigenvalue weighted by molar-refractivity contribution is -0.886. The molecule has 1 atom stereocenters. The molecule has 0 saturated heterocycles. The maximum absolute atomic E-state index is 13.0. The largest absolute Gasteiger partial charge is 0.463 e. The van der Waals surface area contributed by atoms with E-state index in [-0.39, 0.29) is 24.7 Å². The maximum Gasteiger partial charge on any atom is 0.275 e. The summed E-state index contributed by atoms with van der Waals surface area (Å²) < 4.78 is 31.0. The van der Waals surface area contributed by atoms with Crippen LogP contribution in [0.4, 0.5) is 14.5 Å². The Bertz CT molecular complexity index is 705. The normalized spacial score (nSPS) is 11.8. The van der Waals surface area contributed by atoms with Gasteiger partial charge in [-0.1, -0.05) is 0 Å². The molecule has 2 amide bonds. The van der Waals surface area contributed by atoms with Crippen LogP contribution in [0.25, 0.3) is 0 Å². The van der Waals surface area contributed by atoms with E-state index in [0.29, 0.717) is 6.54 Å². The lowest BCUT2D eigenvalue weighted by atomic mass is 10.3. The number of carbonyl (C=O) groups is 2. The Morgan fingerprint density at radius 3 is 2.62 bits per heavy atom. The number of quaternary nitrogens is 1. The van der Waals surface area contributed by atoms with Crippen LogP contribution in [-0.2, 0) is 16.1 Å². The molecule has 0 spiro atoms. The fraction of sp³-hybridized carbons (Fsp3) is 0.250. The molecule has 1 aromatic carbocycles. The third-order valence-corrected chi connectivity index (χ3v) is 3.17. The smallest absolute Gasteiger partial charge is 0.275 e. The van der Waals surface area contributed by atoms with Crippen LogP contribution < -0.4 is 15.5 Å². The molecule has 128 valence electrons. The lowest BCUT2D eigenvalue weighted by Gasteiger charge is -2.12. The van der Waals surface area contributed by atoms with Gasteiger partial charge in [-0.3, -0.25) is 9.59 Å². The van der Waals surface area contributed by atoms with Gasteiger partial charge in [0.1, 0.15) is 6.54 Å². The molecular formula is C16H18F2N3O3+. The molecule has 0 saturated carbocycles. The third kappa shape index (κ3) is 5.47. The zero-order valence-electron chi connectivity index (χ0n) is 13.1. The molecule has 0 aliphatic rings. The number of benzene rings is 1.